The fourth-order valence-corrected chi connectivity index (χ4v) is 5.14. The molecule has 1 heterocycles. The van der Waals surface area contributed by atoms with Crippen LogP contribution >= 0.6 is 11.6 Å². The highest BCUT2D eigenvalue weighted by Crippen LogP contribution is 2.22. The molecule has 1 fully saturated rings. The van der Waals surface area contributed by atoms with Crippen LogP contribution in [0.15, 0.2) is 50.2 Å². The van der Waals surface area contributed by atoms with E-state index >= 15 is 0 Å². The number of hydrogen-bond donors (Lipinski definition) is 2. The lowest BCUT2D eigenvalue weighted by molar-refractivity contribution is 0.211. The molecule has 1 saturated carbocycles. The van der Waals surface area contributed by atoms with Gasteiger partial charge in [-0.1, -0.05) is 11.6 Å². The number of nitrogens with one attached hydrogen (secondary N) is 2. The van der Waals surface area contributed by atoms with Gasteiger partial charge >= 0.3 is 0 Å². The third-order valence-electron chi connectivity index (χ3n) is 6.14. The number of sulfonamides is 1. The summed E-state index contributed by atoms with van der Waals surface area (Å²) in [6.07, 6.45) is 8.58. The Labute approximate surface area is 225 Å². The molecule has 2 rings (SSSR count). The van der Waals surface area contributed by atoms with Gasteiger partial charge in [0.15, 0.2) is 5.88 Å². The predicted octanol–water partition coefficient (Wildman–Crippen LogP) is 2.72. The first-order valence-electron chi connectivity index (χ1n) is 12.2. The number of aromatic nitrogens is 1. The van der Waals surface area contributed by atoms with E-state index in [1.165, 1.54) is 19.4 Å². The standard InChI is InChI=1S/C24H39ClN8O3S/c1-8-27-23(30-19-9-11-20(12-10-19)32(4)5)28-15-17(2)33(6)24(29-18(3)36-7)31-37(34,35)22-16-26-14-13-21(22)25/h13-17,19-20H,3,8-12H2,1-2,4-7H3,(H,27,30)(H,29,31). The Morgan fingerprint density at radius 3 is 2.57 bits per heavy atom. The molecule has 0 amide bonds. The van der Waals surface area contributed by atoms with Gasteiger partial charge in [0.25, 0.3) is 10.0 Å². The SMILES string of the molecule is C=C(NC(=NS(=O)(=O)c1cnccc1Cl)N(C)C(C)C=NC(=NCC)NC1CCC(N(C)C)CC1)OC. The van der Waals surface area contributed by atoms with E-state index in [1.807, 2.05) is 13.8 Å². The zero-order valence-corrected chi connectivity index (χ0v) is 24.1. The summed E-state index contributed by atoms with van der Waals surface area (Å²) in [5, 5.41) is 6.27. The fraction of sp³-hybridized carbons (Fsp3) is 0.583. The molecule has 206 valence electrons. The quantitative estimate of drug-likeness (QED) is 0.271. The normalized spacial score (nSPS) is 20.1. The molecule has 0 spiro atoms. The molecule has 1 aromatic heterocycles. The highest BCUT2D eigenvalue weighted by atomic mass is 35.5. The summed E-state index contributed by atoms with van der Waals surface area (Å²) in [5.41, 5.74) is 0. The maximum absolute atomic E-state index is 13.0. The molecule has 0 bridgehead atoms. The Morgan fingerprint density at radius 2 is 2.00 bits per heavy atom. The highest BCUT2D eigenvalue weighted by Gasteiger charge is 2.24. The maximum Gasteiger partial charge on any atom is 0.288 e. The van der Waals surface area contributed by atoms with E-state index in [-0.39, 0.29) is 27.8 Å². The minimum absolute atomic E-state index is 0.0188. The lowest BCUT2D eigenvalue weighted by Crippen LogP contribution is -2.45. The van der Waals surface area contributed by atoms with E-state index < -0.39 is 10.0 Å². The Hall–Kier alpha value is -2.70. The van der Waals surface area contributed by atoms with Crippen molar-refractivity contribution < 1.29 is 13.2 Å². The van der Waals surface area contributed by atoms with Gasteiger partial charge in [-0.15, -0.1) is 4.40 Å². The topological polar surface area (TPSA) is 124 Å². The van der Waals surface area contributed by atoms with E-state index in [0.717, 1.165) is 31.9 Å². The molecule has 1 unspecified atom stereocenters. The molecule has 0 aromatic carbocycles. The molecule has 1 aliphatic carbocycles. The van der Waals surface area contributed by atoms with Crippen LogP contribution in [0.4, 0.5) is 0 Å². The maximum atomic E-state index is 13.0. The van der Waals surface area contributed by atoms with Crippen LogP contribution in [0.1, 0.15) is 39.5 Å². The van der Waals surface area contributed by atoms with Gasteiger partial charge in [0.2, 0.25) is 11.9 Å². The molecule has 11 nitrogen and oxygen atoms in total. The number of ether oxygens (including phenoxy) is 1. The molecule has 1 atom stereocenters. The van der Waals surface area contributed by atoms with Crippen molar-refractivity contribution >= 4 is 39.8 Å². The van der Waals surface area contributed by atoms with Gasteiger partial charge in [0, 0.05) is 44.3 Å². The Morgan fingerprint density at radius 1 is 1.32 bits per heavy atom. The summed E-state index contributed by atoms with van der Waals surface area (Å²) >= 11 is 6.08. The first-order chi connectivity index (χ1) is 17.5. The number of pyridine rings is 1. The van der Waals surface area contributed by atoms with Crippen molar-refractivity contribution in [1.29, 1.82) is 0 Å². The van der Waals surface area contributed by atoms with E-state index in [4.69, 9.17) is 16.3 Å². The van der Waals surface area contributed by atoms with E-state index in [0.29, 0.717) is 24.6 Å². The summed E-state index contributed by atoms with van der Waals surface area (Å²) in [4.78, 5) is 16.6. The van der Waals surface area contributed by atoms with E-state index in [9.17, 15) is 8.42 Å². The van der Waals surface area contributed by atoms with Crippen molar-refractivity contribution in [2.24, 2.45) is 14.4 Å². The van der Waals surface area contributed by atoms with Crippen LogP contribution in [0.3, 0.4) is 0 Å². The number of halogens is 1. The minimum Gasteiger partial charge on any atom is -0.483 e. The molecule has 0 radical (unpaired) electrons. The molecular formula is C24H39ClN8O3S. The van der Waals surface area contributed by atoms with Crippen LogP contribution in [0.2, 0.25) is 5.02 Å². The van der Waals surface area contributed by atoms with Crippen LogP contribution in [-0.4, -0.2) is 94.3 Å². The smallest absolute Gasteiger partial charge is 0.288 e. The molecule has 2 N–H and O–H groups in total. The Bertz CT molecular complexity index is 1100. The fourth-order valence-electron chi connectivity index (χ4n) is 3.73. The van der Waals surface area contributed by atoms with Crippen LogP contribution in [-0.2, 0) is 14.8 Å². The van der Waals surface area contributed by atoms with Crippen LogP contribution < -0.4 is 10.6 Å². The van der Waals surface area contributed by atoms with Crippen molar-refractivity contribution in [3.05, 3.63) is 35.9 Å². The second-order valence-electron chi connectivity index (χ2n) is 8.99. The van der Waals surface area contributed by atoms with Crippen molar-refractivity contribution in [3.8, 4) is 0 Å². The van der Waals surface area contributed by atoms with Crippen molar-refractivity contribution in [3.63, 3.8) is 0 Å². The Kier molecular flexibility index (Phi) is 11.8. The molecule has 0 aliphatic heterocycles. The number of aliphatic imine (C=N–C) groups is 2. The first kappa shape index (κ1) is 30.5. The van der Waals surface area contributed by atoms with Gasteiger partial charge in [-0.25, -0.2) is 4.99 Å². The summed E-state index contributed by atoms with van der Waals surface area (Å²) < 4.78 is 35.0. The third-order valence-corrected chi connectivity index (χ3v) is 7.88. The molecular weight excluding hydrogens is 516 g/mol. The third kappa shape index (κ3) is 9.28. The van der Waals surface area contributed by atoms with Crippen molar-refractivity contribution in [1.82, 2.24) is 25.4 Å². The summed E-state index contributed by atoms with van der Waals surface area (Å²) in [6.45, 7) is 8.11. The van der Waals surface area contributed by atoms with Gasteiger partial charge < -0.3 is 19.9 Å². The molecule has 1 aromatic rings. The van der Waals surface area contributed by atoms with Gasteiger partial charge in [0.1, 0.15) is 4.90 Å². The van der Waals surface area contributed by atoms with E-state index in [2.05, 4.69) is 55.6 Å². The lowest BCUT2D eigenvalue weighted by atomic mass is 9.90. The first-order valence-corrected chi connectivity index (χ1v) is 14.0. The number of methoxy groups -OCH3 is 1. The average molecular weight is 555 g/mol. The number of hydrogen-bond acceptors (Lipinski definition) is 6. The van der Waals surface area contributed by atoms with Crippen molar-refractivity contribution in [2.75, 3.05) is 34.8 Å². The minimum atomic E-state index is -4.18. The molecule has 37 heavy (non-hydrogen) atoms. The molecule has 0 saturated heterocycles. The molecule has 1 aliphatic rings. The summed E-state index contributed by atoms with van der Waals surface area (Å²) in [6, 6.07) is 1.93. The van der Waals surface area contributed by atoms with Crippen molar-refractivity contribution in [2.45, 2.75) is 62.6 Å². The monoisotopic (exact) mass is 554 g/mol. The van der Waals surface area contributed by atoms with Gasteiger partial charge in [-0.05, 0) is 66.3 Å². The van der Waals surface area contributed by atoms with Gasteiger partial charge in [-0.3, -0.25) is 15.3 Å². The van der Waals surface area contributed by atoms with Crippen LogP contribution in [0.25, 0.3) is 0 Å². The number of guanidine groups is 2. The zero-order chi connectivity index (χ0) is 27.6. The van der Waals surface area contributed by atoms with Gasteiger partial charge in [-0.2, -0.15) is 8.42 Å². The average Bonchev–Trinajstić information content (AvgIpc) is 2.86. The van der Waals surface area contributed by atoms with Crippen LogP contribution in [0, 0.1) is 0 Å². The second-order valence-corrected chi connectivity index (χ2v) is 11.0. The predicted molar refractivity (Wildman–Crippen MR) is 150 cm³/mol. The van der Waals surface area contributed by atoms with Gasteiger partial charge in [0.05, 0.1) is 18.2 Å². The highest BCUT2D eigenvalue weighted by molar-refractivity contribution is 7.90. The molecule has 13 heteroatoms. The second kappa shape index (κ2) is 14.3. The van der Waals surface area contributed by atoms with E-state index in [1.54, 1.807) is 18.2 Å². The largest absolute Gasteiger partial charge is 0.483 e. The van der Waals surface area contributed by atoms with Crippen LogP contribution in [0.5, 0.6) is 0 Å². The summed E-state index contributed by atoms with van der Waals surface area (Å²) in [7, 11) is 3.15. The zero-order valence-electron chi connectivity index (χ0n) is 22.5. The number of rotatable bonds is 9. The lowest BCUT2D eigenvalue weighted by Gasteiger charge is -2.33. The number of nitrogens with zero attached hydrogens (tertiary/aromatic N) is 6. The Balaban J connectivity index is 2.21. The summed E-state index contributed by atoms with van der Waals surface area (Å²) in [5.74, 6) is 0.652.